The second kappa shape index (κ2) is 4.90. The van der Waals surface area contributed by atoms with E-state index < -0.39 is 0 Å². The Bertz CT molecular complexity index is 350. The first-order valence-corrected chi connectivity index (χ1v) is 5.87. The molecule has 4 atom stereocenters. The van der Waals surface area contributed by atoms with E-state index in [2.05, 4.69) is 30.2 Å². The molecule has 1 fully saturated rings. The van der Waals surface area contributed by atoms with Crippen LogP contribution in [0.4, 0.5) is 0 Å². The number of hydrogen-bond acceptors (Lipinski definition) is 6. The number of nitrogens with one attached hydrogen (secondary N) is 1. The molecule has 2 aliphatic heterocycles. The number of rotatable bonds is 4. The van der Waals surface area contributed by atoms with E-state index in [4.69, 9.17) is 20.5 Å². The van der Waals surface area contributed by atoms with Gasteiger partial charge in [0.05, 0.1) is 24.8 Å². The Kier molecular flexibility index (Phi) is 3.50. The van der Waals surface area contributed by atoms with Crippen molar-refractivity contribution in [1.29, 1.82) is 5.26 Å². The maximum absolute atomic E-state index is 9.08. The molecule has 3 N–H and O–H groups in total. The summed E-state index contributed by atoms with van der Waals surface area (Å²) in [6.07, 6.45) is 0.296. The molecule has 6 heteroatoms. The minimum atomic E-state index is -0.314. The molecule has 2 rings (SSSR count). The quantitative estimate of drug-likeness (QED) is 0.716. The average molecular weight is 238 g/mol. The summed E-state index contributed by atoms with van der Waals surface area (Å²) in [5, 5.41) is 12.3. The third kappa shape index (κ3) is 2.68. The van der Waals surface area contributed by atoms with Gasteiger partial charge in [-0.1, -0.05) is 13.8 Å². The van der Waals surface area contributed by atoms with Gasteiger partial charge < -0.3 is 15.2 Å². The van der Waals surface area contributed by atoms with Gasteiger partial charge in [-0.05, 0) is 12.3 Å². The van der Waals surface area contributed by atoms with Crippen molar-refractivity contribution in [2.75, 3.05) is 6.61 Å². The van der Waals surface area contributed by atoms with Gasteiger partial charge in [0, 0.05) is 0 Å². The number of hydrogen-bond donors (Lipinski definition) is 2. The van der Waals surface area contributed by atoms with Gasteiger partial charge in [0.15, 0.2) is 12.3 Å². The number of amidine groups is 1. The largest absolute Gasteiger partial charge is 0.455 e. The first-order valence-electron chi connectivity index (χ1n) is 5.87. The predicted octanol–water partition coefficient (Wildman–Crippen LogP) is -0.0473. The van der Waals surface area contributed by atoms with Crippen molar-refractivity contribution in [2.45, 2.75) is 44.7 Å². The molecule has 0 spiro atoms. The lowest BCUT2D eigenvalue weighted by atomic mass is 10.0. The fourth-order valence-electron chi connectivity index (χ4n) is 2.17. The lowest BCUT2D eigenvalue weighted by molar-refractivity contribution is 0.0793. The first-order chi connectivity index (χ1) is 8.10. The Morgan fingerprint density at radius 2 is 2.41 bits per heavy atom. The average Bonchev–Trinajstić information content (AvgIpc) is 2.77. The summed E-state index contributed by atoms with van der Waals surface area (Å²) in [6, 6.07) is 2.22. The minimum absolute atomic E-state index is 0.0202. The van der Waals surface area contributed by atoms with Crippen molar-refractivity contribution in [3.8, 4) is 6.07 Å². The van der Waals surface area contributed by atoms with E-state index in [1.165, 1.54) is 0 Å². The topological polar surface area (TPSA) is 92.7 Å². The van der Waals surface area contributed by atoms with Crippen LogP contribution in [0, 0.1) is 17.2 Å². The van der Waals surface area contributed by atoms with Crippen LogP contribution in [0.3, 0.4) is 0 Å². The molecule has 0 aromatic heterocycles. The molecule has 4 unspecified atom stereocenters. The van der Waals surface area contributed by atoms with Crippen molar-refractivity contribution >= 4 is 6.02 Å². The van der Waals surface area contributed by atoms with Gasteiger partial charge in [-0.2, -0.15) is 10.3 Å². The van der Waals surface area contributed by atoms with Crippen LogP contribution in [0.5, 0.6) is 0 Å². The molecule has 0 saturated carbocycles. The van der Waals surface area contributed by atoms with Crippen molar-refractivity contribution in [1.82, 2.24) is 5.32 Å². The Labute approximate surface area is 101 Å². The zero-order chi connectivity index (χ0) is 12.4. The highest BCUT2D eigenvalue weighted by Gasteiger charge is 2.44. The fourth-order valence-corrected chi connectivity index (χ4v) is 2.17. The summed E-state index contributed by atoms with van der Waals surface area (Å²) in [5.74, 6) is 0.469. The second-order valence-corrected chi connectivity index (χ2v) is 4.86. The van der Waals surface area contributed by atoms with Gasteiger partial charge >= 0.3 is 0 Å². The summed E-state index contributed by atoms with van der Waals surface area (Å²) >= 11 is 0. The molecule has 2 heterocycles. The fraction of sp³-hybridized carbons (Fsp3) is 0.818. The number of fused-ring (bicyclic) bond motifs is 1. The van der Waals surface area contributed by atoms with E-state index >= 15 is 0 Å². The van der Waals surface area contributed by atoms with E-state index in [0.717, 1.165) is 6.42 Å². The van der Waals surface area contributed by atoms with E-state index in [1.54, 1.807) is 0 Å². The molecular formula is C11H18N4O2. The van der Waals surface area contributed by atoms with Gasteiger partial charge in [0.25, 0.3) is 6.02 Å². The highest BCUT2D eigenvalue weighted by molar-refractivity contribution is 5.73. The molecule has 0 amide bonds. The van der Waals surface area contributed by atoms with Crippen LogP contribution in [-0.4, -0.2) is 37.0 Å². The molecule has 0 aromatic rings. The molecule has 94 valence electrons. The van der Waals surface area contributed by atoms with Crippen molar-refractivity contribution in [3.63, 3.8) is 0 Å². The third-order valence-electron chi connectivity index (χ3n) is 2.91. The Hall–Kier alpha value is -1.32. The minimum Gasteiger partial charge on any atom is -0.455 e. The second-order valence-electron chi connectivity index (χ2n) is 4.86. The van der Waals surface area contributed by atoms with Gasteiger partial charge in [0.2, 0.25) is 0 Å². The van der Waals surface area contributed by atoms with E-state index in [0.29, 0.717) is 12.5 Å². The van der Waals surface area contributed by atoms with Crippen LogP contribution < -0.4 is 11.1 Å². The molecule has 2 aliphatic rings. The summed E-state index contributed by atoms with van der Waals surface area (Å²) in [5.41, 5.74) is 5.49. The van der Waals surface area contributed by atoms with E-state index in [9.17, 15) is 0 Å². The summed E-state index contributed by atoms with van der Waals surface area (Å²) < 4.78 is 10.8. The molecule has 17 heavy (non-hydrogen) atoms. The number of nitrogens with zero attached hydrogens (tertiary/aromatic N) is 2. The maximum Gasteiger partial charge on any atom is 0.285 e. The van der Waals surface area contributed by atoms with Gasteiger partial charge in [-0.25, -0.2) is 0 Å². The lowest BCUT2D eigenvalue weighted by Crippen LogP contribution is -2.46. The standard InChI is InChI=1S/C11H18N4O2/c1-6(2)3-7(4-12)14-8-5-16-10-9(8)17-11(13)15-10/h6-10,14H,3,5H2,1-2H3,(H2,13,15). The summed E-state index contributed by atoms with van der Waals surface area (Å²) in [7, 11) is 0. The molecule has 0 aliphatic carbocycles. The first kappa shape index (κ1) is 12.1. The number of nitriles is 1. The Morgan fingerprint density at radius 1 is 1.65 bits per heavy atom. The number of ether oxygens (including phenoxy) is 2. The Morgan fingerprint density at radius 3 is 3.06 bits per heavy atom. The molecular weight excluding hydrogens is 220 g/mol. The summed E-state index contributed by atoms with van der Waals surface area (Å²) in [4.78, 5) is 4.02. The molecule has 0 bridgehead atoms. The summed E-state index contributed by atoms with van der Waals surface area (Å²) in [6.45, 7) is 4.68. The highest BCUT2D eigenvalue weighted by atomic mass is 16.6. The molecule has 1 saturated heterocycles. The molecule has 0 radical (unpaired) electrons. The zero-order valence-electron chi connectivity index (χ0n) is 10.1. The Balaban J connectivity index is 1.90. The van der Waals surface area contributed by atoms with Gasteiger partial charge in [-0.3, -0.25) is 5.32 Å². The SMILES string of the molecule is CC(C)CC(C#N)NC1COC2N=C(N)OC12. The maximum atomic E-state index is 9.08. The van der Waals surface area contributed by atoms with Gasteiger partial charge in [0.1, 0.15) is 0 Å². The van der Waals surface area contributed by atoms with Crippen LogP contribution in [0.15, 0.2) is 4.99 Å². The lowest BCUT2D eigenvalue weighted by Gasteiger charge is -2.21. The third-order valence-corrected chi connectivity index (χ3v) is 2.91. The van der Waals surface area contributed by atoms with Crippen LogP contribution in [0.1, 0.15) is 20.3 Å². The number of aliphatic imine (C=N–C) groups is 1. The van der Waals surface area contributed by atoms with Crippen LogP contribution >= 0.6 is 0 Å². The predicted molar refractivity (Wildman–Crippen MR) is 62.0 cm³/mol. The van der Waals surface area contributed by atoms with Crippen molar-refractivity contribution in [2.24, 2.45) is 16.6 Å². The van der Waals surface area contributed by atoms with Crippen LogP contribution in [0.2, 0.25) is 0 Å². The van der Waals surface area contributed by atoms with Crippen LogP contribution in [-0.2, 0) is 9.47 Å². The number of nitrogens with two attached hydrogens (primary N) is 1. The molecule has 6 nitrogen and oxygen atoms in total. The monoisotopic (exact) mass is 238 g/mol. The van der Waals surface area contributed by atoms with E-state index in [-0.39, 0.29) is 30.4 Å². The highest BCUT2D eigenvalue weighted by Crippen LogP contribution is 2.24. The van der Waals surface area contributed by atoms with E-state index in [1.807, 2.05) is 0 Å². The van der Waals surface area contributed by atoms with Crippen molar-refractivity contribution in [3.05, 3.63) is 0 Å². The van der Waals surface area contributed by atoms with Crippen molar-refractivity contribution < 1.29 is 9.47 Å². The smallest absolute Gasteiger partial charge is 0.285 e. The van der Waals surface area contributed by atoms with Crippen LogP contribution in [0.25, 0.3) is 0 Å². The normalized spacial score (nSPS) is 32.8. The molecule has 0 aromatic carbocycles. The van der Waals surface area contributed by atoms with Gasteiger partial charge in [-0.15, -0.1) is 0 Å². The zero-order valence-corrected chi connectivity index (χ0v) is 10.1.